The summed E-state index contributed by atoms with van der Waals surface area (Å²) < 4.78 is 1.95. The van der Waals surface area contributed by atoms with Crippen LogP contribution in [-0.4, -0.2) is 75.1 Å². The van der Waals surface area contributed by atoms with E-state index in [-0.39, 0.29) is 17.9 Å². The number of piperidine rings is 1. The number of carbonyl (C=O) groups is 3. The Balaban J connectivity index is 1.56. The van der Waals surface area contributed by atoms with Crippen LogP contribution >= 0.6 is 0 Å². The number of hydrogen-bond acceptors (Lipinski definition) is 4. The molecule has 0 spiro atoms. The van der Waals surface area contributed by atoms with Crippen molar-refractivity contribution in [1.82, 2.24) is 24.7 Å². The van der Waals surface area contributed by atoms with Crippen LogP contribution in [0.5, 0.6) is 0 Å². The standard InChI is InChI=1S/C23H33N5O4/c1-4-26(14-16(2)3)21(29)18-5-6-20-19(13-18)25-15-28(20)12-9-24-23(32)27-10-7-17(8-11-27)22(30)31/h5-6,13,15-17H,4,7-12,14H2,1-3H3,(H,24,32)(H,30,31). The Morgan fingerprint density at radius 1 is 1.25 bits per heavy atom. The Kier molecular flexibility index (Phi) is 7.71. The van der Waals surface area contributed by atoms with Crippen LogP contribution in [0.25, 0.3) is 11.0 Å². The maximum Gasteiger partial charge on any atom is 0.317 e. The molecule has 0 unspecified atom stereocenters. The zero-order valence-electron chi connectivity index (χ0n) is 19.1. The Hall–Kier alpha value is -3.10. The number of aliphatic carboxylic acids is 1. The summed E-state index contributed by atoms with van der Waals surface area (Å²) in [5.74, 6) is -0.732. The minimum absolute atomic E-state index is 0.0107. The quantitative estimate of drug-likeness (QED) is 0.652. The average Bonchev–Trinajstić information content (AvgIpc) is 3.19. The van der Waals surface area contributed by atoms with E-state index >= 15 is 0 Å². The van der Waals surface area contributed by atoms with Gasteiger partial charge in [0.2, 0.25) is 0 Å². The number of amides is 3. The molecule has 0 atom stereocenters. The molecule has 3 rings (SSSR count). The van der Waals surface area contributed by atoms with Crippen LogP contribution in [0.15, 0.2) is 24.5 Å². The molecule has 1 aromatic carbocycles. The van der Waals surface area contributed by atoms with Crippen molar-refractivity contribution in [1.29, 1.82) is 0 Å². The molecule has 1 fully saturated rings. The highest BCUT2D eigenvalue weighted by molar-refractivity contribution is 5.97. The number of imidazole rings is 1. The summed E-state index contributed by atoms with van der Waals surface area (Å²) >= 11 is 0. The van der Waals surface area contributed by atoms with E-state index < -0.39 is 5.97 Å². The van der Waals surface area contributed by atoms with E-state index in [9.17, 15) is 14.4 Å². The third-order valence-corrected chi connectivity index (χ3v) is 5.88. The van der Waals surface area contributed by atoms with Gasteiger partial charge in [0.25, 0.3) is 5.91 Å². The third-order valence-electron chi connectivity index (χ3n) is 5.88. The second kappa shape index (κ2) is 10.5. The van der Waals surface area contributed by atoms with Crippen LogP contribution in [-0.2, 0) is 11.3 Å². The molecule has 9 nitrogen and oxygen atoms in total. The molecule has 2 heterocycles. The molecule has 0 radical (unpaired) electrons. The molecular formula is C23H33N5O4. The third kappa shape index (κ3) is 5.57. The predicted molar refractivity (Wildman–Crippen MR) is 121 cm³/mol. The van der Waals surface area contributed by atoms with Gasteiger partial charge in [-0.15, -0.1) is 0 Å². The summed E-state index contributed by atoms with van der Waals surface area (Å²) in [6, 6.07) is 5.38. The lowest BCUT2D eigenvalue weighted by Gasteiger charge is -2.30. The lowest BCUT2D eigenvalue weighted by atomic mass is 9.97. The van der Waals surface area contributed by atoms with Crippen molar-refractivity contribution in [3.8, 4) is 0 Å². The summed E-state index contributed by atoms with van der Waals surface area (Å²) in [5, 5.41) is 12.0. The first-order valence-corrected chi connectivity index (χ1v) is 11.3. The van der Waals surface area contributed by atoms with Crippen molar-refractivity contribution in [2.45, 2.75) is 40.2 Å². The van der Waals surface area contributed by atoms with Gasteiger partial charge in [-0.3, -0.25) is 9.59 Å². The Bertz CT molecular complexity index is 962. The number of nitrogens with zero attached hydrogens (tertiary/aromatic N) is 4. The number of aromatic nitrogens is 2. The van der Waals surface area contributed by atoms with E-state index in [1.165, 1.54) is 0 Å². The Morgan fingerprint density at radius 2 is 1.97 bits per heavy atom. The number of carbonyl (C=O) groups excluding carboxylic acids is 2. The van der Waals surface area contributed by atoms with Gasteiger partial charge in [0.1, 0.15) is 0 Å². The number of hydrogen-bond donors (Lipinski definition) is 2. The molecule has 2 N–H and O–H groups in total. The van der Waals surface area contributed by atoms with E-state index in [0.717, 1.165) is 17.6 Å². The summed E-state index contributed by atoms with van der Waals surface area (Å²) in [4.78, 5) is 44.2. The van der Waals surface area contributed by atoms with Crippen LogP contribution < -0.4 is 5.32 Å². The lowest BCUT2D eigenvalue weighted by Crippen LogP contribution is -2.46. The van der Waals surface area contributed by atoms with Gasteiger partial charge in [-0.1, -0.05) is 13.8 Å². The SMILES string of the molecule is CCN(CC(C)C)C(=O)c1ccc2c(c1)ncn2CCNC(=O)N1CCC(C(=O)O)CC1. The van der Waals surface area contributed by atoms with Crippen LogP contribution in [0.3, 0.4) is 0 Å². The van der Waals surface area contributed by atoms with Gasteiger partial charge in [0, 0.05) is 44.8 Å². The summed E-state index contributed by atoms with van der Waals surface area (Å²) in [5.41, 5.74) is 2.28. The molecule has 1 aromatic heterocycles. The zero-order chi connectivity index (χ0) is 23.3. The van der Waals surface area contributed by atoms with Crippen LogP contribution in [0.2, 0.25) is 0 Å². The van der Waals surface area contributed by atoms with Crippen molar-refractivity contribution in [2.24, 2.45) is 11.8 Å². The fourth-order valence-corrected chi connectivity index (χ4v) is 4.08. The summed E-state index contributed by atoms with van der Waals surface area (Å²) in [7, 11) is 0. The molecule has 0 saturated carbocycles. The number of rotatable bonds is 8. The van der Waals surface area contributed by atoms with E-state index in [4.69, 9.17) is 5.11 Å². The van der Waals surface area contributed by atoms with Crippen molar-refractivity contribution in [3.63, 3.8) is 0 Å². The smallest absolute Gasteiger partial charge is 0.317 e. The first-order chi connectivity index (χ1) is 15.3. The molecule has 0 aliphatic carbocycles. The van der Waals surface area contributed by atoms with Crippen molar-refractivity contribution in [2.75, 3.05) is 32.7 Å². The van der Waals surface area contributed by atoms with Crippen LogP contribution in [0, 0.1) is 11.8 Å². The number of nitrogens with one attached hydrogen (secondary N) is 1. The topological polar surface area (TPSA) is 108 Å². The molecule has 1 aliphatic rings. The van der Waals surface area contributed by atoms with Crippen molar-refractivity contribution in [3.05, 3.63) is 30.1 Å². The Labute approximate surface area is 188 Å². The minimum Gasteiger partial charge on any atom is -0.481 e. The normalized spacial score (nSPS) is 14.7. The number of likely N-dealkylation sites (tertiary alicyclic amines) is 1. The Morgan fingerprint density at radius 3 is 2.59 bits per heavy atom. The summed E-state index contributed by atoms with van der Waals surface area (Å²) in [6.45, 7) is 9.45. The first-order valence-electron chi connectivity index (χ1n) is 11.3. The number of fused-ring (bicyclic) bond motifs is 1. The van der Waals surface area contributed by atoms with Gasteiger partial charge < -0.3 is 24.8 Å². The van der Waals surface area contributed by atoms with E-state index in [0.29, 0.717) is 57.0 Å². The van der Waals surface area contributed by atoms with Crippen molar-refractivity contribution < 1.29 is 19.5 Å². The predicted octanol–water partition coefficient (Wildman–Crippen LogP) is 2.66. The lowest BCUT2D eigenvalue weighted by molar-refractivity contribution is -0.143. The molecule has 32 heavy (non-hydrogen) atoms. The van der Waals surface area contributed by atoms with E-state index in [1.54, 1.807) is 11.2 Å². The molecule has 3 amide bonds. The molecule has 9 heteroatoms. The van der Waals surface area contributed by atoms with Crippen molar-refractivity contribution >= 4 is 28.9 Å². The highest BCUT2D eigenvalue weighted by Crippen LogP contribution is 2.18. The number of benzene rings is 1. The number of carboxylic acids is 1. The largest absolute Gasteiger partial charge is 0.481 e. The number of carboxylic acid groups (broad SMARTS) is 1. The van der Waals surface area contributed by atoms with Crippen LogP contribution in [0.1, 0.15) is 44.0 Å². The maximum absolute atomic E-state index is 12.8. The van der Waals surface area contributed by atoms with E-state index in [2.05, 4.69) is 24.1 Å². The maximum atomic E-state index is 12.8. The first kappa shape index (κ1) is 23.6. The van der Waals surface area contributed by atoms with Gasteiger partial charge in [-0.25, -0.2) is 9.78 Å². The highest BCUT2D eigenvalue weighted by Gasteiger charge is 2.26. The molecule has 174 valence electrons. The minimum atomic E-state index is -0.788. The number of urea groups is 1. The second-order valence-electron chi connectivity index (χ2n) is 8.71. The monoisotopic (exact) mass is 443 g/mol. The molecule has 1 saturated heterocycles. The van der Waals surface area contributed by atoms with Gasteiger partial charge in [0.05, 0.1) is 23.3 Å². The van der Waals surface area contributed by atoms with Gasteiger partial charge in [-0.2, -0.15) is 0 Å². The average molecular weight is 444 g/mol. The molecule has 2 aromatic rings. The molecular weight excluding hydrogens is 410 g/mol. The highest BCUT2D eigenvalue weighted by atomic mass is 16.4. The fourth-order valence-electron chi connectivity index (χ4n) is 4.08. The zero-order valence-corrected chi connectivity index (χ0v) is 19.1. The van der Waals surface area contributed by atoms with Gasteiger partial charge in [0.15, 0.2) is 0 Å². The molecule has 0 bridgehead atoms. The molecule has 1 aliphatic heterocycles. The summed E-state index contributed by atoms with van der Waals surface area (Å²) in [6.07, 6.45) is 2.69. The second-order valence-corrected chi connectivity index (χ2v) is 8.71. The van der Waals surface area contributed by atoms with Crippen LogP contribution in [0.4, 0.5) is 4.79 Å². The van der Waals surface area contributed by atoms with Gasteiger partial charge in [-0.05, 0) is 43.9 Å². The fraction of sp³-hybridized carbons (Fsp3) is 0.565. The van der Waals surface area contributed by atoms with E-state index in [1.807, 2.05) is 34.6 Å². The van der Waals surface area contributed by atoms with Gasteiger partial charge >= 0.3 is 12.0 Å².